The van der Waals surface area contributed by atoms with Gasteiger partial charge in [0.1, 0.15) is 0 Å². The monoisotopic (exact) mass is 302 g/mol. The van der Waals surface area contributed by atoms with Crippen molar-refractivity contribution in [1.82, 2.24) is 5.32 Å². The van der Waals surface area contributed by atoms with Crippen LogP contribution >= 0.6 is 11.6 Å². The molecule has 0 aliphatic heterocycles. The number of nitrogens with two attached hydrogens (primary N) is 1. The van der Waals surface area contributed by atoms with Gasteiger partial charge < -0.3 is 11.1 Å². The van der Waals surface area contributed by atoms with Gasteiger partial charge in [-0.3, -0.25) is 4.79 Å². The molecule has 0 heterocycles. The van der Waals surface area contributed by atoms with Crippen LogP contribution in [0.15, 0.2) is 42.5 Å². The molecule has 3 nitrogen and oxygen atoms in total. The highest BCUT2D eigenvalue weighted by molar-refractivity contribution is 6.30. The maximum absolute atomic E-state index is 12.2. The summed E-state index contributed by atoms with van der Waals surface area (Å²) in [4.78, 5) is 12.2. The van der Waals surface area contributed by atoms with Crippen LogP contribution in [0.3, 0.4) is 0 Å². The molecule has 110 valence electrons. The number of amides is 1. The van der Waals surface area contributed by atoms with Crippen LogP contribution in [-0.2, 0) is 6.42 Å². The molecule has 0 fully saturated rings. The predicted molar refractivity (Wildman–Crippen MR) is 87.7 cm³/mol. The van der Waals surface area contributed by atoms with Crippen LogP contribution in [0.4, 0.5) is 5.69 Å². The van der Waals surface area contributed by atoms with E-state index in [2.05, 4.69) is 5.32 Å². The molecular formula is C17H19ClN2O. The highest BCUT2D eigenvalue weighted by Gasteiger charge is 2.11. The molecule has 0 aliphatic rings. The number of benzene rings is 2. The number of hydrogen-bond donors (Lipinski definition) is 2. The van der Waals surface area contributed by atoms with E-state index in [-0.39, 0.29) is 11.9 Å². The van der Waals surface area contributed by atoms with E-state index in [4.69, 9.17) is 17.3 Å². The number of nitrogen functional groups attached to an aromatic ring is 1. The lowest BCUT2D eigenvalue weighted by molar-refractivity contribution is 0.0940. The zero-order valence-electron chi connectivity index (χ0n) is 12.2. The van der Waals surface area contributed by atoms with Crippen LogP contribution in [0.1, 0.15) is 28.4 Å². The number of nitrogens with one attached hydrogen (secondary N) is 1. The highest BCUT2D eigenvalue weighted by Crippen LogP contribution is 2.14. The molecule has 2 aromatic carbocycles. The quantitative estimate of drug-likeness (QED) is 0.848. The summed E-state index contributed by atoms with van der Waals surface area (Å²) in [6.07, 6.45) is 0.730. The largest absolute Gasteiger partial charge is 0.398 e. The van der Waals surface area contributed by atoms with Crippen LogP contribution < -0.4 is 11.1 Å². The first kappa shape index (κ1) is 15.4. The summed E-state index contributed by atoms with van der Waals surface area (Å²) in [5.41, 5.74) is 9.11. The van der Waals surface area contributed by atoms with Crippen LogP contribution in [0, 0.1) is 6.92 Å². The molecule has 0 bridgehead atoms. The molecule has 0 aliphatic carbocycles. The van der Waals surface area contributed by atoms with E-state index in [1.165, 1.54) is 0 Å². The first-order chi connectivity index (χ1) is 9.95. The summed E-state index contributed by atoms with van der Waals surface area (Å²) < 4.78 is 0. The van der Waals surface area contributed by atoms with Gasteiger partial charge >= 0.3 is 0 Å². The van der Waals surface area contributed by atoms with Crippen molar-refractivity contribution < 1.29 is 4.79 Å². The van der Waals surface area contributed by atoms with Crippen molar-refractivity contribution in [3.05, 3.63) is 64.2 Å². The molecule has 2 rings (SSSR count). The van der Waals surface area contributed by atoms with Gasteiger partial charge in [0.15, 0.2) is 0 Å². The van der Waals surface area contributed by atoms with E-state index in [0.717, 1.165) is 17.5 Å². The summed E-state index contributed by atoms with van der Waals surface area (Å²) >= 11 is 5.96. The molecule has 21 heavy (non-hydrogen) atoms. The number of hydrogen-bond acceptors (Lipinski definition) is 2. The average Bonchev–Trinajstić information content (AvgIpc) is 2.41. The second-order valence-electron chi connectivity index (χ2n) is 5.28. The van der Waals surface area contributed by atoms with Gasteiger partial charge in [0.05, 0.1) is 0 Å². The molecule has 0 spiro atoms. The van der Waals surface area contributed by atoms with Crippen LogP contribution in [-0.4, -0.2) is 11.9 Å². The molecule has 1 atom stereocenters. The minimum atomic E-state index is -0.115. The van der Waals surface area contributed by atoms with Crippen molar-refractivity contribution >= 4 is 23.2 Å². The number of carbonyl (C=O) groups excluding carboxylic acids is 1. The molecule has 3 N–H and O–H groups in total. The Morgan fingerprint density at radius 3 is 2.71 bits per heavy atom. The number of carbonyl (C=O) groups is 1. The zero-order chi connectivity index (χ0) is 15.4. The van der Waals surface area contributed by atoms with Gasteiger partial charge in [-0.05, 0) is 55.7 Å². The van der Waals surface area contributed by atoms with Gasteiger partial charge in [-0.2, -0.15) is 0 Å². The normalized spacial score (nSPS) is 12.0. The molecular weight excluding hydrogens is 284 g/mol. The molecule has 0 radical (unpaired) electrons. The lowest BCUT2D eigenvalue weighted by Crippen LogP contribution is -2.34. The van der Waals surface area contributed by atoms with Crippen LogP contribution in [0.5, 0.6) is 0 Å². The molecule has 0 saturated heterocycles. The maximum atomic E-state index is 12.2. The second kappa shape index (κ2) is 6.64. The summed E-state index contributed by atoms with van der Waals surface area (Å²) in [6, 6.07) is 13.0. The minimum absolute atomic E-state index is 0.0125. The Bertz CT molecular complexity index is 655. The smallest absolute Gasteiger partial charge is 0.251 e. The Morgan fingerprint density at radius 1 is 1.29 bits per heavy atom. The minimum Gasteiger partial charge on any atom is -0.398 e. The first-order valence-corrected chi connectivity index (χ1v) is 7.25. The summed E-state index contributed by atoms with van der Waals surface area (Å²) in [5, 5.41) is 3.68. The summed E-state index contributed by atoms with van der Waals surface area (Å²) in [6.45, 7) is 3.88. The Morgan fingerprint density at radius 2 is 2.05 bits per heavy atom. The molecule has 1 amide bonds. The van der Waals surface area contributed by atoms with Gasteiger partial charge in [0.25, 0.3) is 5.91 Å². The highest BCUT2D eigenvalue weighted by atomic mass is 35.5. The van der Waals surface area contributed by atoms with E-state index in [0.29, 0.717) is 16.3 Å². The second-order valence-corrected chi connectivity index (χ2v) is 5.72. The average molecular weight is 303 g/mol. The summed E-state index contributed by atoms with van der Waals surface area (Å²) in [7, 11) is 0. The summed E-state index contributed by atoms with van der Waals surface area (Å²) in [5.74, 6) is -0.115. The molecule has 0 saturated carbocycles. The van der Waals surface area contributed by atoms with Crippen molar-refractivity contribution in [2.45, 2.75) is 26.3 Å². The van der Waals surface area contributed by atoms with Crippen molar-refractivity contribution in [1.29, 1.82) is 0 Å². The Balaban J connectivity index is 2.00. The van der Waals surface area contributed by atoms with Crippen LogP contribution in [0.2, 0.25) is 5.02 Å². The molecule has 4 heteroatoms. The Hall–Kier alpha value is -2.00. The third-order valence-corrected chi connectivity index (χ3v) is 3.58. The van der Waals surface area contributed by atoms with E-state index >= 15 is 0 Å². The molecule has 1 unspecified atom stereocenters. The van der Waals surface area contributed by atoms with Gasteiger partial charge in [-0.1, -0.05) is 29.8 Å². The Labute approximate surface area is 130 Å². The van der Waals surface area contributed by atoms with Gasteiger partial charge in [0, 0.05) is 22.3 Å². The number of halogens is 1. The topological polar surface area (TPSA) is 55.1 Å². The van der Waals surface area contributed by atoms with E-state index in [1.807, 2.05) is 44.2 Å². The van der Waals surface area contributed by atoms with Crippen molar-refractivity contribution in [2.24, 2.45) is 0 Å². The lowest BCUT2D eigenvalue weighted by Gasteiger charge is -2.14. The Kier molecular flexibility index (Phi) is 4.86. The van der Waals surface area contributed by atoms with Crippen molar-refractivity contribution in [2.75, 3.05) is 5.73 Å². The zero-order valence-corrected chi connectivity index (χ0v) is 12.9. The third-order valence-electron chi connectivity index (χ3n) is 3.35. The lowest BCUT2D eigenvalue weighted by atomic mass is 10.1. The van der Waals surface area contributed by atoms with Crippen molar-refractivity contribution in [3.8, 4) is 0 Å². The van der Waals surface area contributed by atoms with Gasteiger partial charge in [-0.25, -0.2) is 0 Å². The number of anilines is 1. The fourth-order valence-electron chi connectivity index (χ4n) is 2.16. The van der Waals surface area contributed by atoms with Crippen molar-refractivity contribution in [3.63, 3.8) is 0 Å². The van der Waals surface area contributed by atoms with E-state index in [9.17, 15) is 4.79 Å². The molecule has 2 aromatic rings. The van der Waals surface area contributed by atoms with Gasteiger partial charge in [0.2, 0.25) is 0 Å². The maximum Gasteiger partial charge on any atom is 0.251 e. The first-order valence-electron chi connectivity index (χ1n) is 6.87. The van der Waals surface area contributed by atoms with Gasteiger partial charge in [-0.15, -0.1) is 0 Å². The van der Waals surface area contributed by atoms with E-state index in [1.54, 1.807) is 12.1 Å². The third kappa shape index (κ3) is 4.23. The van der Waals surface area contributed by atoms with E-state index < -0.39 is 0 Å². The SMILES string of the molecule is Cc1ccc(C(=O)NC(C)Cc2cccc(Cl)c2)cc1N. The number of rotatable bonds is 4. The standard InChI is InChI=1S/C17H19ClN2O/c1-11-6-7-14(10-16(11)19)17(21)20-12(2)8-13-4-3-5-15(18)9-13/h3-7,9-10,12H,8,19H2,1-2H3,(H,20,21). The number of aryl methyl sites for hydroxylation is 1. The predicted octanol–water partition coefficient (Wildman–Crippen LogP) is 3.59. The molecule has 0 aromatic heterocycles. The fourth-order valence-corrected chi connectivity index (χ4v) is 2.37. The fraction of sp³-hybridized carbons (Fsp3) is 0.235. The van der Waals surface area contributed by atoms with Crippen LogP contribution in [0.25, 0.3) is 0 Å².